The molecule has 5 atom stereocenters. The lowest BCUT2D eigenvalue weighted by atomic mass is 9.91. The molecule has 9 nitrogen and oxygen atoms in total. The molecule has 3 rings (SSSR count). The maximum Gasteiger partial charge on any atom is 0.408 e. The van der Waals surface area contributed by atoms with Gasteiger partial charge in [0.1, 0.15) is 11.6 Å². The second kappa shape index (κ2) is 7.01. The van der Waals surface area contributed by atoms with Crippen LogP contribution in [0.3, 0.4) is 0 Å². The summed E-state index contributed by atoms with van der Waals surface area (Å²) in [4.78, 5) is 43.4. The van der Waals surface area contributed by atoms with Crippen molar-refractivity contribution in [3.8, 4) is 0 Å². The molecule has 0 aromatic rings. The lowest BCUT2D eigenvalue weighted by Gasteiger charge is -2.20. The minimum absolute atomic E-state index is 0.0625. The van der Waals surface area contributed by atoms with Gasteiger partial charge in [-0.05, 0) is 64.2 Å². The topological polar surface area (TPSA) is 156 Å². The fourth-order valence-corrected chi connectivity index (χ4v) is 4.16. The van der Waals surface area contributed by atoms with Crippen molar-refractivity contribution in [2.45, 2.75) is 58.6 Å². The molecule has 2 amide bonds. The highest BCUT2D eigenvalue weighted by Crippen LogP contribution is 2.77. The second-order valence-electron chi connectivity index (χ2n) is 8.75. The van der Waals surface area contributed by atoms with E-state index in [-0.39, 0.29) is 29.1 Å². The molecule has 27 heavy (non-hydrogen) atoms. The molecule has 152 valence electrons. The SMILES string of the molecule is CC(NC(=O)OC(C)(C)C)C(N)=O.O=C(O)C1CC2(CC2)C2C(C(=O)O)C12. The predicted octanol–water partition coefficient (Wildman–Crippen LogP) is 1.20. The molecule has 0 aromatic heterocycles. The van der Waals surface area contributed by atoms with Crippen molar-refractivity contribution in [3.05, 3.63) is 0 Å². The van der Waals surface area contributed by atoms with Crippen molar-refractivity contribution in [3.63, 3.8) is 0 Å². The number of carbonyl (C=O) groups is 4. The van der Waals surface area contributed by atoms with Crippen LogP contribution in [-0.2, 0) is 19.1 Å². The number of hydrogen-bond donors (Lipinski definition) is 4. The fourth-order valence-electron chi connectivity index (χ4n) is 4.16. The van der Waals surface area contributed by atoms with Crippen LogP contribution in [0.4, 0.5) is 4.79 Å². The first-order valence-corrected chi connectivity index (χ1v) is 9.03. The molecule has 0 saturated heterocycles. The first-order valence-electron chi connectivity index (χ1n) is 9.03. The molecule has 1 spiro atoms. The molecule has 0 aliphatic heterocycles. The van der Waals surface area contributed by atoms with Crippen molar-refractivity contribution in [2.24, 2.45) is 34.8 Å². The zero-order valence-corrected chi connectivity index (χ0v) is 16.0. The van der Waals surface area contributed by atoms with Crippen LogP contribution in [0.25, 0.3) is 0 Å². The maximum atomic E-state index is 11.0. The number of nitrogens with one attached hydrogen (secondary N) is 1. The zero-order chi connectivity index (χ0) is 20.7. The Hall–Kier alpha value is -2.32. The Labute approximate surface area is 157 Å². The molecular formula is C18H28N2O7. The van der Waals surface area contributed by atoms with Crippen LogP contribution in [0, 0.1) is 29.1 Å². The normalized spacial score (nSPS) is 30.2. The first kappa shape index (κ1) is 21.0. The third-order valence-corrected chi connectivity index (χ3v) is 5.53. The highest BCUT2D eigenvalue weighted by atomic mass is 16.6. The Balaban J connectivity index is 0.000000195. The van der Waals surface area contributed by atoms with Crippen molar-refractivity contribution in [1.82, 2.24) is 5.32 Å². The third-order valence-electron chi connectivity index (χ3n) is 5.53. The zero-order valence-electron chi connectivity index (χ0n) is 16.0. The number of carbonyl (C=O) groups excluding carboxylic acids is 2. The van der Waals surface area contributed by atoms with Crippen LogP contribution in [0.15, 0.2) is 0 Å². The molecule has 0 heterocycles. The van der Waals surface area contributed by atoms with Crippen LogP contribution >= 0.6 is 0 Å². The Bertz CT molecular complexity index is 651. The van der Waals surface area contributed by atoms with Crippen LogP contribution < -0.4 is 11.1 Å². The Morgan fingerprint density at radius 1 is 1.15 bits per heavy atom. The Morgan fingerprint density at radius 2 is 1.70 bits per heavy atom. The quantitative estimate of drug-likeness (QED) is 0.567. The van der Waals surface area contributed by atoms with Crippen LogP contribution in [0.5, 0.6) is 0 Å². The molecule has 0 aromatic carbocycles. The second-order valence-corrected chi connectivity index (χ2v) is 8.75. The minimum Gasteiger partial charge on any atom is -0.481 e. The maximum absolute atomic E-state index is 11.0. The molecular weight excluding hydrogens is 356 g/mol. The van der Waals surface area contributed by atoms with Gasteiger partial charge < -0.3 is 26.0 Å². The van der Waals surface area contributed by atoms with Gasteiger partial charge in [0.05, 0.1) is 11.8 Å². The van der Waals surface area contributed by atoms with Crippen molar-refractivity contribution in [2.75, 3.05) is 0 Å². The van der Waals surface area contributed by atoms with Crippen LogP contribution in [0.2, 0.25) is 0 Å². The number of hydrogen-bond acceptors (Lipinski definition) is 5. The average Bonchev–Trinajstić information content (AvgIpc) is 3.34. The highest BCUT2D eigenvalue weighted by molar-refractivity contribution is 5.83. The first-order chi connectivity index (χ1) is 12.3. The number of aliphatic carboxylic acids is 2. The lowest BCUT2D eigenvalue weighted by Crippen LogP contribution is -2.44. The molecule has 9 heteroatoms. The summed E-state index contributed by atoms with van der Waals surface area (Å²) in [7, 11) is 0. The molecule has 3 aliphatic rings. The molecule has 3 aliphatic carbocycles. The van der Waals surface area contributed by atoms with E-state index < -0.39 is 35.6 Å². The lowest BCUT2D eigenvalue weighted by molar-refractivity contribution is -0.144. The number of primary amides is 1. The molecule has 3 saturated carbocycles. The van der Waals surface area contributed by atoms with E-state index in [4.69, 9.17) is 20.7 Å². The van der Waals surface area contributed by atoms with E-state index in [9.17, 15) is 19.2 Å². The van der Waals surface area contributed by atoms with Gasteiger partial charge in [-0.1, -0.05) is 0 Å². The summed E-state index contributed by atoms with van der Waals surface area (Å²) in [5.41, 5.74) is 4.49. The summed E-state index contributed by atoms with van der Waals surface area (Å²) in [5.74, 6) is -2.81. The molecule has 3 fully saturated rings. The standard InChI is InChI=1S/C10H12O4.C8H16N2O3/c11-8(12)4-3-10(1-2-10)7-5(4)6(7)9(13)14;1-5(6(9)11)10-7(12)13-8(2,3)4/h4-7H,1-3H2,(H,11,12)(H,13,14);5H,1-4H3,(H2,9,11)(H,10,12). The third kappa shape index (κ3) is 4.70. The predicted molar refractivity (Wildman–Crippen MR) is 93.5 cm³/mol. The van der Waals surface area contributed by atoms with Gasteiger partial charge in [-0.25, -0.2) is 4.79 Å². The summed E-state index contributed by atoms with van der Waals surface area (Å²) in [6.45, 7) is 6.71. The summed E-state index contributed by atoms with van der Waals surface area (Å²) >= 11 is 0. The smallest absolute Gasteiger partial charge is 0.408 e. The summed E-state index contributed by atoms with van der Waals surface area (Å²) in [5, 5.41) is 20.2. The monoisotopic (exact) mass is 384 g/mol. The summed E-state index contributed by atoms with van der Waals surface area (Å²) in [6, 6.07) is -0.713. The van der Waals surface area contributed by atoms with E-state index >= 15 is 0 Å². The van der Waals surface area contributed by atoms with Gasteiger partial charge in [0, 0.05) is 0 Å². The van der Waals surface area contributed by atoms with Gasteiger partial charge in [0.2, 0.25) is 5.91 Å². The van der Waals surface area contributed by atoms with Crippen LogP contribution in [0.1, 0.15) is 47.0 Å². The molecule has 0 radical (unpaired) electrons. The van der Waals surface area contributed by atoms with Gasteiger partial charge in [-0.3, -0.25) is 14.4 Å². The number of amides is 2. The number of carboxylic acids is 2. The van der Waals surface area contributed by atoms with E-state index in [1.54, 1.807) is 20.8 Å². The highest BCUT2D eigenvalue weighted by Gasteiger charge is 2.76. The average molecular weight is 384 g/mol. The number of carboxylic acid groups (broad SMARTS) is 2. The van der Waals surface area contributed by atoms with E-state index in [0.717, 1.165) is 19.3 Å². The van der Waals surface area contributed by atoms with E-state index in [1.807, 2.05) is 0 Å². The van der Waals surface area contributed by atoms with Gasteiger partial charge in [0.15, 0.2) is 0 Å². The largest absolute Gasteiger partial charge is 0.481 e. The van der Waals surface area contributed by atoms with Crippen molar-refractivity contribution in [1.29, 1.82) is 0 Å². The van der Waals surface area contributed by atoms with Gasteiger partial charge in [-0.2, -0.15) is 0 Å². The number of fused-ring (bicyclic) bond motifs is 2. The number of alkyl carbamates (subject to hydrolysis) is 1. The molecule has 5 unspecified atom stereocenters. The molecule has 0 bridgehead atoms. The van der Waals surface area contributed by atoms with E-state index in [0.29, 0.717) is 0 Å². The van der Waals surface area contributed by atoms with Crippen molar-refractivity contribution < 1.29 is 34.1 Å². The van der Waals surface area contributed by atoms with E-state index in [2.05, 4.69) is 5.32 Å². The van der Waals surface area contributed by atoms with Crippen molar-refractivity contribution >= 4 is 23.9 Å². The van der Waals surface area contributed by atoms with Crippen LogP contribution in [-0.4, -0.2) is 45.8 Å². The Kier molecular flexibility index (Phi) is 5.45. The summed E-state index contributed by atoms with van der Waals surface area (Å²) in [6.07, 6.45) is 2.17. The number of nitrogens with two attached hydrogens (primary N) is 1. The van der Waals surface area contributed by atoms with Gasteiger partial charge in [0.25, 0.3) is 0 Å². The number of ether oxygens (including phenoxy) is 1. The Morgan fingerprint density at radius 3 is 2.07 bits per heavy atom. The number of rotatable bonds is 4. The minimum atomic E-state index is -0.799. The van der Waals surface area contributed by atoms with E-state index in [1.165, 1.54) is 6.92 Å². The summed E-state index contributed by atoms with van der Waals surface area (Å²) < 4.78 is 4.90. The van der Waals surface area contributed by atoms with Gasteiger partial charge in [-0.15, -0.1) is 0 Å². The van der Waals surface area contributed by atoms with Gasteiger partial charge >= 0.3 is 18.0 Å². The fraction of sp³-hybridized carbons (Fsp3) is 0.778. The molecule has 5 N–H and O–H groups in total.